The number of phenolic OH excluding ortho intramolecular Hbond substituents is 2. The lowest BCUT2D eigenvalue weighted by atomic mass is 9.94. The number of aryl methyl sites for hydroxylation is 4. The normalized spacial score (nSPS) is 11.0. The number of thiophene rings is 1. The number of hydrogen-bond acceptors (Lipinski definition) is 3. The Morgan fingerprint density at radius 1 is 0.609 bits per heavy atom. The average Bonchev–Trinajstić information content (AvgIpc) is 2.98. The molecule has 1 aromatic heterocycles. The summed E-state index contributed by atoms with van der Waals surface area (Å²) >= 11 is 1.66. The van der Waals surface area contributed by atoms with Crippen molar-refractivity contribution in [2.75, 3.05) is 0 Å². The Balaban J connectivity index is 2.18. The summed E-state index contributed by atoms with van der Waals surface area (Å²) in [6.07, 6.45) is 0. The molecule has 0 aliphatic heterocycles. The van der Waals surface area contributed by atoms with Gasteiger partial charge in [-0.1, -0.05) is 0 Å². The molecule has 0 aliphatic rings. The van der Waals surface area contributed by atoms with Crippen molar-refractivity contribution >= 4 is 11.3 Å². The van der Waals surface area contributed by atoms with Gasteiger partial charge in [-0.25, -0.2) is 0 Å². The molecular weight excluding hydrogens is 304 g/mol. The minimum absolute atomic E-state index is 0.363. The van der Waals surface area contributed by atoms with E-state index in [2.05, 4.69) is 10.8 Å². The summed E-state index contributed by atoms with van der Waals surface area (Å²) in [5.41, 5.74) is 8.07. The Bertz CT molecular complexity index is 772. The quantitative estimate of drug-likeness (QED) is 0.632. The second-order valence-corrected chi connectivity index (χ2v) is 6.86. The van der Waals surface area contributed by atoms with Crippen LogP contribution in [-0.2, 0) is 0 Å². The Hall–Kier alpha value is -2.26. The Kier molecular flexibility index (Phi) is 3.90. The predicted molar refractivity (Wildman–Crippen MR) is 97.5 cm³/mol. The summed E-state index contributed by atoms with van der Waals surface area (Å²) in [6, 6.07) is 8.09. The standard InChI is InChI=1S/C20H20O2S/c1-11-5-15(6-12(2)19(11)21)17-9-23-10-18(17)16-7-13(3)20(22)14(4)8-16/h5-10,21-22H,1-4H3. The maximum atomic E-state index is 9.99. The summed E-state index contributed by atoms with van der Waals surface area (Å²) in [5, 5.41) is 24.3. The highest BCUT2D eigenvalue weighted by Crippen LogP contribution is 2.39. The van der Waals surface area contributed by atoms with Crippen molar-refractivity contribution in [2.24, 2.45) is 0 Å². The zero-order valence-corrected chi connectivity index (χ0v) is 14.6. The molecule has 2 aromatic carbocycles. The van der Waals surface area contributed by atoms with E-state index in [0.717, 1.165) is 44.5 Å². The lowest BCUT2D eigenvalue weighted by molar-refractivity contribution is 0.466. The van der Waals surface area contributed by atoms with Gasteiger partial charge in [0.15, 0.2) is 0 Å². The molecule has 3 aromatic rings. The average molecular weight is 324 g/mol. The summed E-state index contributed by atoms with van der Waals surface area (Å²) in [6.45, 7) is 7.69. The molecule has 0 amide bonds. The third-order valence-corrected chi connectivity index (χ3v) is 5.01. The van der Waals surface area contributed by atoms with Crippen LogP contribution in [0.5, 0.6) is 11.5 Å². The van der Waals surface area contributed by atoms with Crippen molar-refractivity contribution in [3.05, 3.63) is 57.3 Å². The number of aromatic hydroxyl groups is 2. The Morgan fingerprint density at radius 3 is 1.22 bits per heavy atom. The van der Waals surface area contributed by atoms with E-state index in [1.807, 2.05) is 52.0 Å². The number of phenols is 2. The highest BCUT2D eigenvalue weighted by Gasteiger charge is 2.13. The van der Waals surface area contributed by atoms with Gasteiger partial charge in [0.25, 0.3) is 0 Å². The maximum absolute atomic E-state index is 9.99. The fraction of sp³-hybridized carbons (Fsp3) is 0.200. The van der Waals surface area contributed by atoms with E-state index in [0.29, 0.717) is 11.5 Å². The first-order valence-electron chi connectivity index (χ1n) is 7.56. The van der Waals surface area contributed by atoms with Crippen LogP contribution in [-0.4, -0.2) is 10.2 Å². The topological polar surface area (TPSA) is 40.5 Å². The Morgan fingerprint density at radius 2 is 0.913 bits per heavy atom. The van der Waals surface area contributed by atoms with Crippen molar-refractivity contribution in [3.63, 3.8) is 0 Å². The van der Waals surface area contributed by atoms with Gasteiger partial charge in [0, 0.05) is 11.1 Å². The van der Waals surface area contributed by atoms with Crippen molar-refractivity contribution in [2.45, 2.75) is 27.7 Å². The highest BCUT2D eigenvalue weighted by molar-refractivity contribution is 7.08. The molecule has 0 bridgehead atoms. The van der Waals surface area contributed by atoms with Crippen LogP contribution in [0.1, 0.15) is 22.3 Å². The molecule has 0 unspecified atom stereocenters. The van der Waals surface area contributed by atoms with Crippen LogP contribution < -0.4 is 0 Å². The van der Waals surface area contributed by atoms with Crippen LogP contribution in [0.3, 0.4) is 0 Å². The molecule has 1 heterocycles. The molecule has 23 heavy (non-hydrogen) atoms. The van der Waals surface area contributed by atoms with Crippen LogP contribution >= 0.6 is 11.3 Å². The van der Waals surface area contributed by atoms with Crippen molar-refractivity contribution in [1.29, 1.82) is 0 Å². The van der Waals surface area contributed by atoms with Gasteiger partial charge in [-0.3, -0.25) is 0 Å². The third-order valence-electron chi connectivity index (χ3n) is 4.27. The van der Waals surface area contributed by atoms with E-state index in [1.54, 1.807) is 11.3 Å². The van der Waals surface area contributed by atoms with E-state index in [4.69, 9.17) is 0 Å². The molecule has 0 aliphatic carbocycles. The van der Waals surface area contributed by atoms with Gasteiger partial charge in [0.05, 0.1) is 0 Å². The summed E-state index contributed by atoms with van der Waals surface area (Å²) in [5.74, 6) is 0.726. The predicted octanol–water partition coefficient (Wildman–Crippen LogP) is 5.73. The molecule has 3 rings (SSSR count). The minimum Gasteiger partial charge on any atom is -0.507 e. The first-order valence-corrected chi connectivity index (χ1v) is 8.50. The highest BCUT2D eigenvalue weighted by atomic mass is 32.1. The van der Waals surface area contributed by atoms with Gasteiger partial charge in [0.2, 0.25) is 0 Å². The molecule has 0 saturated heterocycles. The minimum atomic E-state index is 0.363. The van der Waals surface area contributed by atoms with Crippen LogP contribution in [0.25, 0.3) is 22.3 Å². The molecule has 0 fully saturated rings. The van der Waals surface area contributed by atoms with E-state index in [1.165, 1.54) is 0 Å². The van der Waals surface area contributed by atoms with Crippen LogP contribution in [0.15, 0.2) is 35.0 Å². The van der Waals surface area contributed by atoms with Crippen molar-refractivity contribution in [3.8, 4) is 33.8 Å². The molecule has 3 heteroatoms. The molecule has 2 nitrogen and oxygen atoms in total. The monoisotopic (exact) mass is 324 g/mol. The van der Waals surface area contributed by atoms with Gasteiger partial charge in [-0.05, 0) is 96.1 Å². The van der Waals surface area contributed by atoms with Gasteiger partial charge >= 0.3 is 0 Å². The van der Waals surface area contributed by atoms with Crippen LogP contribution in [0.2, 0.25) is 0 Å². The fourth-order valence-electron chi connectivity index (χ4n) is 2.97. The number of benzene rings is 2. The zero-order valence-electron chi connectivity index (χ0n) is 13.8. The summed E-state index contributed by atoms with van der Waals surface area (Å²) < 4.78 is 0. The van der Waals surface area contributed by atoms with E-state index < -0.39 is 0 Å². The zero-order chi connectivity index (χ0) is 16.7. The molecule has 0 atom stereocenters. The van der Waals surface area contributed by atoms with Crippen molar-refractivity contribution < 1.29 is 10.2 Å². The van der Waals surface area contributed by atoms with Crippen molar-refractivity contribution in [1.82, 2.24) is 0 Å². The SMILES string of the molecule is Cc1cc(-c2cscc2-c2cc(C)c(O)c(C)c2)cc(C)c1O. The van der Waals surface area contributed by atoms with E-state index >= 15 is 0 Å². The molecule has 0 spiro atoms. The number of rotatable bonds is 2. The first-order chi connectivity index (χ1) is 10.9. The van der Waals surface area contributed by atoms with Gasteiger partial charge in [-0.2, -0.15) is 11.3 Å². The number of hydrogen-bond donors (Lipinski definition) is 2. The fourth-order valence-corrected chi connectivity index (χ4v) is 3.83. The second kappa shape index (κ2) is 5.74. The molecule has 118 valence electrons. The lowest BCUT2D eigenvalue weighted by Crippen LogP contribution is -1.88. The molecule has 2 N–H and O–H groups in total. The smallest absolute Gasteiger partial charge is 0.121 e. The summed E-state index contributed by atoms with van der Waals surface area (Å²) in [7, 11) is 0. The first kappa shape index (κ1) is 15.6. The Labute approximate surface area is 140 Å². The third kappa shape index (κ3) is 2.73. The second-order valence-electron chi connectivity index (χ2n) is 6.12. The van der Waals surface area contributed by atoms with Gasteiger partial charge < -0.3 is 10.2 Å². The van der Waals surface area contributed by atoms with Crippen LogP contribution in [0.4, 0.5) is 0 Å². The van der Waals surface area contributed by atoms with Gasteiger partial charge in [-0.15, -0.1) is 0 Å². The maximum Gasteiger partial charge on any atom is 0.121 e. The molecule has 0 saturated carbocycles. The largest absolute Gasteiger partial charge is 0.507 e. The molecular formula is C20H20O2S. The van der Waals surface area contributed by atoms with Gasteiger partial charge in [0.1, 0.15) is 11.5 Å². The lowest BCUT2D eigenvalue weighted by Gasteiger charge is -2.11. The van der Waals surface area contributed by atoms with E-state index in [9.17, 15) is 10.2 Å². The molecule has 0 radical (unpaired) electrons. The van der Waals surface area contributed by atoms with E-state index in [-0.39, 0.29) is 0 Å². The van der Waals surface area contributed by atoms with Crippen LogP contribution in [0, 0.1) is 27.7 Å². The summed E-state index contributed by atoms with van der Waals surface area (Å²) in [4.78, 5) is 0.